The molecule has 0 fully saturated rings. The standard InChI is InChI=1S/C16H17FN2O/c1-19-16(20)14(13-7-2-3-8-15(13)17)10-11-5-4-6-12(18)9-11/h2-9,14H,10,18H2,1H3,(H,19,20). The van der Waals surface area contributed by atoms with Crippen LogP contribution in [0.25, 0.3) is 0 Å². The third-order valence-corrected chi connectivity index (χ3v) is 3.23. The van der Waals surface area contributed by atoms with Crippen LogP contribution in [0.3, 0.4) is 0 Å². The van der Waals surface area contributed by atoms with Gasteiger partial charge >= 0.3 is 0 Å². The monoisotopic (exact) mass is 272 g/mol. The summed E-state index contributed by atoms with van der Waals surface area (Å²) in [4.78, 5) is 12.0. The van der Waals surface area contributed by atoms with E-state index in [9.17, 15) is 9.18 Å². The molecule has 1 atom stereocenters. The quantitative estimate of drug-likeness (QED) is 0.840. The zero-order valence-electron chi connectivity index (χ0n) is 11.3. The summed E-state index contributed by atoms with van der Waals surface area (Å²) in [5.74, 6) is -1.15. The third kappa shape index (κ3) is 3.15. The molecule has 4 heteroatoms. The molecular weight excluding hydrogens is 255 g/mol. The Kier molecular flexibility index (Phi) is 4.35. The Hall–Kier alpha value is -2.36. The molecule has 0 heterocycles. The van der Waals surface area contributed by atoms with Crippen LogP contribution in [-0.4, -0.2) is 13.0 Å². The van der Waals surface area contributed by atoms with E-state index in [1.165, 1.54) is 6.07 Å². The molecule has 20 heavy (non-hydrogen) atoms. The molecule has 0 aliphatic heterocycles. The van der Waals surface area contributed by atoms with E-state index in [1.54, 1.807) is 37.4 Å². The van der Waals surface area contributed by atoms with Crippen molar-refractivity contribution in [2.24, 2.45) is 0 Å². The van der Waals surface area contributed by atoms with Gasteiger partial charge in [0, 0.05) is 18.3 Å². The van der Waals surface area contributed by atoms with Crippen molar-refractivity contribution in [3.8, 4) is 0 Å². The van der Waals surface area contributed by atoms with Crippen LogP contribution in [0.4, 0.5) is 10.1 Å². The van der Waals surface area contributed by atoms with Gasteiger partial charge in [-0.2, -0.15) is 0 Å². The minimum atomic E-state index is -0.567. The van der Waals surface area contributed by atoms with E-state index in [2.05, 4.69) is 5.32 Å². The highest BCUT2D eigenvalue weighted by atomic mass is 19.1. The normalized spacial score (nSPS) is 11.9. The van der Waals surface area contributed by atoms with Crippen LogP contribution in [0.1, 0.15) is 17.0 Å². The largest absolute Gasteiger partial charge is 0.399 e. The number of nitrogens with one attached hydrogen (secondary N) is 1. The number of rotatable bonds is 4. The smallest absolute Gasteiger partial charge is 0.227 e. The number of carbonyl (C=O) groups excluding carboxylic acids is 1. The lowest BCUT2D eigenvalue weighted by Gasteiger charge is -2.17. The van der Waals surface area contributed by atoms with Gasteiger partial charge in [-0.15, -0.1) is 0 Å². The Balaban J connectivity index is 2.34. The van der Waals surface area contributed by atoms with Gasteiger partial charge in [-0.3, -0.25) is 4.79 Å². The molecular formula is C16H17FN2O. The van der Waals surface area contributed by atoms with Gasteiger partial charge in [0.1, 0.15) is 5.82 Å². The molecule has 3 nitrogen and oxygen atoms in total. The van der Waals surface area contributed by atoms with Crippen molar-refractivity contribution < 1.29 is 9.18 Å². The Morgan fingerprint density at radius 3 is 2.65 bits per heavy atom. The number of nitrogen functional groups attached to an aromatic ring is 1. The van der Waals surface area contributed by atoms with Crippen molar-refractivity contribution in [2.45, 2.75) is 12.3 Å². The number of amides is 1. The van der Waals surface area contributed by atoms with Gasteiger partial charge in [-0.25, -0.2) is 4.39 Å². The number of benzene rings is 2. The first-order valence-electron chi connectivity index (χ1n) is 6.42. The first-order chi connectivity index (χ1) is 9.61. The lowest BCUT2D eigenvalue weighted by atomic mass is 9.90. The molecule has 3 N–H and O–H groups in total. The van der Waals surface area contributed by atoms with Crippen LogP contribution in [0.5, 0.6) is 0 Å². The average molecular weight is 272 g/mol. The van der Waals surface area contributed by atoms with Gasteiger partial charge in [-0.05, 0) is 30.2 Å². The summed E-state index contributed by atoms with van der Waals surface area (Å²) in [6, 6.07) is 13.6. The second-order valence-corrected chi connectivity index (χ2v) is 4.64. The lowest BCUT2D eigenvalue weighted by molar-refractivity contribution is -0.122. The van der Waals surface area contributed by atoms with E-state index in [1.807, 2.05) is 12.1 Å². The zero-order chi connectivity index (χ0) is 14.5. The molecule has 0 aliphatic rings. The molecule has 2 aromatic rings. The van der Waals surface area contributed by atoms with E-state index < -0.39 is 5.92 Å². The van der Waals surface area contributed by atoms with E-state index >= 15 is 0 Å². The Labute approximate surface area is 117 Å². The van der Waals surface area contributed by atoms with Crippen LogP contribution in [0, 0.1) is 5.82 Å². The summed E-state index contributed by atoms with van der Waals surface area (Å²) in [6.45, 7) is 0. The topological polar surface area (TPSA) is 55.1 Å². The second-order valence-electron chi connectivity index (χ2n) is 4.64. The van der Waals surface area contributed by atoms with Crippen LogP contribution >= 0.6 is 0 Å². The predicted octanol–water partition coefficient (Wildman–Crippen LogP) is 2.48. The summed E-state index contributed by atoms with van der Waals surface area (Å²) in [5.41, 5.74) is 7.67. The summed E-state index contributed by atoms with van der Waals surface area (Å²) in [5, 5.41) is 2.59. The van der Waals surface area contributed by atoms with Crippen LogP contribution < -0.4 is 11.1 Å². The van der Waals surface area contributed by atoms with Crippen molar-refractivity contribution in [3.05, 3.63) is 65.5 Å². The number of anilines is 1. The number of halogens is 1. The van der Waals surface area contributed by atoms with E-state index in [0.29, 0.717) is 17.7 Å². The maximum absolute atomic E-state index is 13.9. The highest BCUT2D eigenvalue weighted by molar-refractivity contribution is 5.83. The summed E-state index contributed by atoms with van der Waals surface area (Å²) in [7, 11) is 1.55. The molecule has 104 valence electrons. The van der Waals surface area contributed by atoms with Gasteiger partial charge in [0.25, 0.3) is 0 Å². The first-order valence-corrected chi connectivity index (χ1v) is 6.42. The Morgan fingerprint density at radius 2 is 2.00 bits per heavy atom. The van der Waals surface area contributed by atoms with Crippen LogP contribution in [0.15, 0.2) is 48.5 Å². The van der Waals surface area contributed by atoms with Crippen molar-refractivity contribution in [3.63, 3.8) is 0 Å². The molecule has 0 radical (unpaired) electrons. The molecule has 2 rings (SSSR count). The molecule has 2 aromatic carbocycles. The third-order valence-electron chi connectivity index (χ3n) is 3.23. The van der Waals surface area contributed by atoms with Crippen molar-refractivity contribution >= 4 is 11.6 Å². The van der Waals surface area contributed by atoms with Gasteiger partial charge in [0.2, 0.25) is 5.91 Å². The number of carbonyl (C=O) groups is 1. The first kappa shape index (κ1) is 14.1. The SMILES string of the molecule is CNC(=O)C(Cc1cccc(N)c1)c1ccccc1F. The van der Waals surface area contributed by atoms with Crippen molar-refractivity contribution in [1.82, 2.24) is 5.32 Å². The highest BCUT2D eigenvalue weighted by Crippen LogP contribution is 2.24. The molecule has 0 aliphatic carbocycles. The molecule has 0 bridgehead atoms. The Bertz CT molecular complexity index is 613. The lowest BCUT2D eigenvalue weighted by Crippen LogP contribution is -2.28. The predicted molar refractivity (Wildman–Crippen MR) is 77.8 cm³/mol. The second kappa shape index (κ2) is 6.19. The fraction of sp³-hybridized carbons (Fsp3) is 0.188. The molecule has 0 aromatic heterocycles. The molecule has 0 spiro atoms. The van der Waals surface area contributed by atoms with Crippen molar-refractivity contribution in [1.29, 1.82) is 0 Å². The maximum atomic E-state index is 13.9. The highest BCUT2D eigenvalue weighted by Gasteiger charge is 2.22. The van der Waals surface area contributed by atoms with E-state index in [4.69, 9.17) is 5.73 Å². The van der Waals surface area contributed by atoms with Gasteiger partial charge in [0.15, 0.2) is 0 Å². The van der Waals surface area contributed by atoms with E-state index in [-0.39, 0.29) is 11.7 Å². The fourth-order valence-electron chi connectivity index (χ4n) is 2.23. The molecule has 0 saturated carbocycles. The summed E-state index contributed by atoms with van der Waals surface area (Å²) >= 11 is 0. The molecule has 1 amide bonds. The van der Waals surface area contributed by atoms with Crippen LogP contribution in [0.2, 0.25) is 0 Å². The van der Waals surface area contributed by atoms with Gasteiger partial charge in [0.05, 0.1) is 5.92 Å². The van der Waals surface area contributed by atoms with Crippen molar-refractivity contribution in [2.75, 3.05) is 12.8 Å². The maximum Gasteiger partial charge on any atom is 0.227 e. The number of hydrogen-bond acceptors (Lipinski definition) is 2. The van der Waals surface area contributed by atoms with Gasteiger partial charge in [-0.1, -0.05) is 30.3 Å². The number of likely N-dealkylation sites (N-methyl/N-ethyl adjacent to an activating group) is 1. The minimum Gasteiger partial charge on any atom is -0.399 e. The summed E-state index contributed by atoms with van der Waals surface area (Å²) in [6.07, 6.45) is 0.408. The van der Waals surface area contributed by atoms with Gasteiger partial charge < -0.3 is 11.1 Å². The fourth-order valence-corrected chi connectivity index (χ4v) is 2.23. The van der Waals surface area contributed by atoms with E-state index in [0.717, 1.165) is 5.56 Å². The average Bonchev–Trinajstić information content (AvgIpc) is 2.45. The molecule has 0 saturated heterocycles. The summed E-state index contributed by atoms with van der Waals surface area (Å²) < 4.78 is 13.9. The number of hydrogen-bond donors (Lipinski definition) is 2. The molecule has 1 unspecified atom stereocenters. The minimum absolute atomic E-state index is 0.211. The zero-order valence-corrected chi connectivity index (χ0v) is 11.3. The number of nitrogens with two attached hydrogens (primary N) is 1. The Morgan fingerprint density at radius 1 is 1.25 bits per heavy atom. The van der Waals surface area contributed by atoms with Crippen LogP contribution in [-0.2, 0) is 11.2 Å².